The lowest BCUT2D eigenvalue weighted by molar-refractivity contribution is -0.157. The number of aromatic nitrogens is 1. The van der Waals surface area contributed by atoms with Gasteiger partial charge in [0.2, 0.25) is 11.8 Å². The van der Waals surface area contributed by atoms with Crippen LogP contribution in [0.25, 0.3) is 0 Å². The Morgan fingerprint density at radius 2 is 2.26 bits per heavy atom. The summed E-state index contributed by atoms with van der Waals surface area (Å²) in [7, 11) is 0. The molecule has 0 aliphatic carbocycles. The minimum Gasteiger partial charge on any atom is -0.331 e. The number of hydrogen-bond donors (Lipinski definition) is 0. The van der Waals surface area contributed by atoms with E-state index in [4.69, 9.17) is 0 Å². The molecule has 2 fully saturated rings. The van der Waals surface area contributed by atoms with Crippen LogP contribution in [0.5, 0.6) is 0 Å². The predicted molar refractivity (Wildman–Crippen MR) is 71.8 cm³/mol. The van der Waals surface area contributed by atoms with Crippen LogP contribution in [0.2, 0.25) is 0 Å². The first-order valence-electron chi connectivity index (χ1n) is 6.71. The van der Waals surface area contributed by atoms with Crippen molar-refractivity contribution >= 4 is 23.2 Å². The first-order chi connectivity index (χ1) is 9.25. The first kappa shape index (κ1) is 12.6. The van der Waals surface area contributed by atoms with Crippen LogP contribution in [0.1, 0.15) is 25.0 Å². The first-order valence-corrected chi connectivity index (χ1v) is 7.65. The molecule has 2 amide bonds. The monoisotopic (exact) mass is 279 g/mol. The molecule has 0 aromatic carbocycles. The van der Waals surface area contributed by atoms with Gasteiger partial charge in [-0.3, -0.25) is 9.59 Å². The summed E-state index contributed by atoms with van der Waals surface area (Å²) in [5.41, 5.74) is 2.79. The highest BCUT2D eigenvalue weighted by Gasteiger charge is 2.39. The molecule has 1 atom stereocenters. The SMILES string of the molecule is O=C1C2CCCCN2C(=O)CN1CCc1cscn1. The maximum Gasteiger partial charge on any atom is 0.245 e. The van der Waals surface area contributed by atoms with Crippen LogP contribution in [0.3, 0.4) is 0 Å². The van der Waals surface area contributed by atoms with Crippen molar-refractivity contribution in [1.29, 1.82) is 0 Å². The molecular weight excluding hydrogens is 262 g/mol. The number of hydrogen-bond acceptors (Lipinski definition) is 4. The number of carbonyl (C=O) groups excluding carboxylic acids is 2. The van der Waals surface area contributed by atoms with Crippen LogP contribution >= 0.6 is 11.3 Å². The number of carbonyl (C=O) groups is 2. The molecule has 1 unspecified atom stereocenters. The van der Waals surface area contributed by atoms with Crippen molar-refractivity contribution in [3.63, 3.8) is 0 Å². The third-order valence-electron chi connectivity index (χ3n) is 3.87. The van der Waals surface area contributed by atoms with Crippen LogP contribution in [0.4, 0.5) is 0 Å². The Morgan fingerprint density at radius 3 is 3.05 bits per heavy atom. The molecule has 3 heterocycles. The molecule has 3 rings (SSSR count). The average molecular weight is 279 g/mol. The maximum atomic E-state index is 12.4. The zero-order valence-corrected chi connectivity index (χ0v) is 11.6. The zero-order valence-electron chi connectivity index (χ0n) is 10.7. The van der Waals surface area contributed by atoms with Gasteiger partial charge < -0.3 is 9.80 Å². The third-order valence-corrected chi connectivity index (χ3v) is 4.50. The summed E-state index contributed by atoms with van der Waals surface area (Å²) in [6.07, 6.45) is 3.61. The molecule has 5 nitrogen and oxygen atoms in total. The summed E-state index contributed by atoms with van der Waals surface area (Å²) in [6.45, 7) is 1.58. The highest BCUT2D eigenvalue weighted by atomic mass is 32.1. The number of nitrogens with zero attached hydrogens (tertiary/aromatic N) is 3. The van der Waals surface area contributed by atoms with E-state index in [1.165, 1.54) is 0 Å². The Balaban J connectivity index is 1.65. The molecule has 0 N–H and O–H groups in total. The quantitative estimate of drug-likeness (QED) is 0.826. The molecular formula is C13H17N3O2S. The minimum atomic E-state index is -0.203. The van der Waals surface area contributed by atoms with Gasteiger partial charge in [-0.1, -0.05) is 0 Å². The Hall–Kier alpha value is -1.43. The van der Waals surface area contributed by atoms with Gasteiger partial charge in [-0.15, -0.1) is 11.3 Å². The van der Waals surface area contributed by atoms with Gasteiger partial charge >= 0.3 is 0 Å². The van der Waals surface area contributed by atoms with E-state index in [0.717, 1.165) is 37.9 Å². The highest BCUT2D eigenvalue weighted by molar-refractivity contribution is 7.07. The fraction of sp³-hybridized carbons (Fsp3) is 0.615. The number of thiazole rings is 1. The smallest absolute Gasteiger partial charge is 0.245 e. The molecule has 2 aliphatic heterocycles. The van der Waals surface area contributed by atoms with E-state index < -0.39 is 0 Å². The van der Waals surface area contributed by atoms with Gasteiger partial charge in [-0.25, -0.2) is 4.98 Å². The number of fused-ring (bicyclic) bond motifs is 1. The lowest BCUT2D eigenvalue weighted by Gasteiger charge is -2.42. The standard InChI is InChI=1S/C13H17N3O2S/c17-12-7-15(6-4-10-8-19-9-14-10)13(18)11-3-1-2-5-16(11)12/h8-9,11H,1-7H2. The van der Waals surface area contributed by atoms with E-state index in [9.17, 15) is 9.59 Å². The Morgan fingerprint density at radius 1 is 1.37 bits per heavy atom. The second-order valence-electron chi connectivity index (χ2n) is 5.09. The summed E-state index contributed by atoms with van der Waals surface area (Å²) >= 11 is 1.56. The summed E-state index contributed by atoms with van der Waals surface area (Å²) in [4.78, 5) is 32.1. The van der Waals surface area contributed by atoms with Gasteiger partial charge in [0.05, 0.1) is 17.7 Å². The van der Waals surface area contributed by atoms with Gasteiger partial charge in [0.15, 0.2) is 0 Å². The second kappa shape index (κ2) is 5.28. The average Bonchev–Trinajstić information content (AvgIpc) is 2.95. The molecule has 6 heteroatoms. The summed E-state index contributed by atoms with van der Waals surface area (Å²) < 4.78 is 0. The van der Waals surface area contributed by atoms with Crippen LogP contribution in [-0.2, 0) is 16.0 Å². The van der Waals surface area contributed by atoms with E-state index in [-0.39, 0.29) is 24.4 Å². The van der Waals surface area contributed by atoms with Gasteiger partial charge in [0.25, 0.3) is 0 Å². The van der Waals surface area contributed by atoms with Crippen LogP contribution in [-0.4, -0.2) is 52.3 Å². The van der Waals surface area contributed by atoms with E-state index >= 15 is 0 Å². The zero-order chi connectivity index (χ0) is 13.2. The molecule has 1 aromatic heterocycles. The van der Waals surface area contributed by atoms with Crippen LogP contribution in [0.15, 0.2) is 10.9 Å². The Labute approximate surface area is 116 Å². The van der Waals surface area contributed by atoms with Gasteiger partial charge in [-0.05, 0) is 19.3 Å². The van der Waals surface area contributed by atoms with Crippen molar-refractivity contribution in [2.75, 3.05) is 19.6 Å². The topological polar surface area (TPSA) is 53.5 Å². The maximum absolute atomic E-state index is 12.4. The van der Waals surface area contributed by atoms with E-state index in [2.05, 4.69) is 4.98 Å². The largest absolute Gasteiger partial charge is 0.331 e. The molecule has 0 saturated carbocycles. The summed E-state index contributed by atoms with van der Waals surface area (Å²) in [6, 6.07) is -0.203. The second-order valence-corrected chi connectivity index (χ2v) is 5.81. The molecule has 0 bridgehead atoms. The fourth-order valence-corrected chi connectivity index (χ4v) is 3.42. The molecule has 2 saturated heterocycles. The van der Waals surface area contributed by atoms with Crippen LogP contribution in [0, 0.1) is 0 Å². The molecule has 1 aromatic rings. The Bertz CT molecular complexity index is 474. The van der Waals surface area contributed by atoms with Crippen molar-refractivity contribution < 1.29 is 9.59 Å². The van der Waals surface area contributed by atoms with Crippen molar-refractivity contribution in [3.05, 3.63) is 16.6 Å². The van der Waals surface area contributed by atoms with Crippen molar-refractivity contribution in [3.8, 4) is 0 Å². The third kappa shape index (κ3) is 2.49. The molecule has 0 radical (unpaired) electrons. The van der Waals surface area contributed by atoms with E-state index in [0.29, 0.717) is 6.54 Å². The molecule has 2 aliphatic rings. The van der Waals surface area contributed by atoms with Gasteiger partial charge in [0, 0.05) is 24.9 Å². The summed E-state index contributed by atoms with van der Waals surface area (Å²) in [5, 5.41) is 1.99. The van der Waals surface area contributed by atoms with Gasteiger partial charge in [-0.2, -0.15) is 0 Å². The normalized spacial score (nSPS) is 23.7. The van der Waals surface area contributed by atoms with Gasteiger partial charge in [0.1, 0.15) is 6.04 Å². The number of piperidine rings is 1. The van der Waals surface area contributed by atoms with Crippen LogP contribution < -0.4 is 0 Å². The summed E-state index contributed by atoms with van der Waals surface area (Å²) in [5.74, 6) is 0.220. The van der Waals surface area contributed by atoms with Crippen molar-refractivity contribution in [2.24, 2.45) is 0 Å². The van der Waals surface area contributed by atoms with E-state index in [1.807, 2.05) is 5.38 Å². The van der Waals surface area contributed by atoms with Crippen molar-refractivity contribution in [1.82, 2.24) is 14.8 Å². The minimum absolute atomic E-state index is 0.0996. The fourth-order valence-electron chi connectivity index (χ4n) is 2.83. The predicted octanol–water partition coefficient (Wildman–Crippen LogP) is 0.909. The molecule has 19 heavy (non-hydrogen) atoms. The highest BCUT2D eigenvalue weighted by Crippen LogP contribution is 2.23. The Kier molecular flexibility index (Phi) is 3.50. The molecule has 0 spiro atoms. The van der Waals surface area contributed by atoms with Crippen molar-refractivity contribution in [2.45, 2.75) is 31.7 Å². The number of rotatable bonds is 3. The number of piperazine rings is 1. The van der Waals surface area contributed by atoms with E-state index in [1.54, 1.807) is 26.6 Å². The number of amides is 2. The molecule has 102 valence electrons. The lowest BCUT2D eigenvalue weighted by atomic mass is 9.98. The lowest BCUT2D eigenvalue weighted by Crippen LogP contribution is -2.61.